The van der Waals surface area contributed by atoms with E-state index in [1.54, 1.807) is 30.1 Å². The summed E-state index contributed by atoms with van der Waals surface area (Å²) >= 11 is 3.17. The lowest BCUT2D eigenvalue weighted by molar-refractivity contribution is 0.0958. The number of aryl methyl sites for hydroxylation is 2. The van der Waals surface area contributed by atoms with Gasteiger partial charge in [-0.1, -0.05) is 0 Å². The van der Waals surface area contributed by atoms with E-state index in [9.17, 15) is 4.79 Å². The van der Waals surface area contributed by atoms with Crippen molar-refractivity contribution in [2.45, 2.75) is 32.1 Å². The van der Waals surface area contributed by atoms with Crippen molar-refractivity contribution in [1.82, 2.24) is 15.3 Å². The minimum absolute atomic E-state index is 0.0800. The second-order valence-electron chi connectivity index (χ2n) is 5.73. The van der Waals surface area contributed by atoms with Crippen LogP contribution in [0.1, 0.15) is 38.1 Å². The lowest BCUT2D eigenvalue weighted by Crippen LogP contribution is -2.24. The van der Waals surface area contributed by atoms with Gasteiger partial charge in [0, 0.05) is 23.4 Å². The van der Waals surface area contributed by atoms with Gasteiger partial charge in [0.2, 0.25) is 0 Å². The molecule has 0 bridgehead atoms. The van der Waals surface area contributed by atoms with E-state index in [0.717, 1.165) is 34.8 Å². The fourth-order valence-electron chi connectivity index (χ4n) is 2.78. The van der Waals surface area contributed by atoms with Gasteiger partial charge in [0.25, 0.3) is 5.91 Å². The standard InChI is InChI=1S/C17H17N3O2S2/c21-16(14-9-19-17(24-14)11-6-8-22-10-11)18-7-5-15-20-12-3-1-2-4-13(12)23-15/h6,8-10H,1-5,7H2,(H,18,21). The Hall–Kier alpha value is -1.99. The number of fused-ring (bicyclic) bond motifs is 1. The number of furan rings is 1. The van der Waals surface area contributed by atoms with Crippen LogP contribution in [0.3, 0.4) is 0 Å². The van der Waals surface area contributed by atoms with Crippen molar-refractivity contribution >= 4 is 28.6 Å². The van der Waals surface area contributed by atoms with E-state index in [1.807, 2.05) is 6.07 Å². The monoisotopic (exact) mass is 359 g/mol. The summed E-state index contributed by atoms with van der Waals surface area (Å²) in [5.41, 5.74) is 2.17. The largest absolute Gasteiger partial charge is 0.472 e. The van der Waals surface area contributed by atoms with Gasteiger partial charge in [0.15, 0.2) is 0 Å². The Morgan fingerprint density at radius 2 is 2.21 bits per heavy atom. The molecule has 24 heavy (non-hydrogen) atoms. The van der Waals surface area contributed by atoms with Crippen LogP contribution < -0.4 is 5.32 Å². The van der Waals surface area contributed by atoms with Crippen LogP contribution in [0.2, 0.25) is 0 Å². The lowest BCUT2D eigenvalue weighted by atomic mass is 10.0. The van der Waals surface area contributed by atoms with E-state index in [-0.39, 0.29) is 5.91 Å². The number of carbonyl (C=O) groups excluding carboxylic acids is 1. The van der Waals surface area contributed by atoms with Gasteiger partial charge >= 0.3 is 0 Å². The van der Waals surface area contributed by atoms with Crippen molar-refractivity contribution in [3.8, 4) is 10.6 Å². The van der Waals surface area contributed by atoms with Gasteiger partial charge < -0.3 is 9.73 Å². The average Bonchev–Trinajstić information content (AvgIpc) is 3.33. The molecule has 5 nitrogen and oxygen atoms in total. The fourth-order valence-corrected chi connectivity index (χ4v) is 4.76. The second kappa shape index (κ2) is 6.86. The van der Waals surface area contributed by atoms with Crippen LogP contribution in [0.4, 0.5) is 0 Å². The molecule has 0 aliphatic heterocycles. The SMILES string of the molecule is O=C(NCCc1nc2c(s1)CCCC2)c1cnc(-c2ccoc2)s1. The molecule has 0 aromatic carbocycles. The van der Waals surface area contributed by atoms with Gasteiger partial charge in [0.1, 0.15) is 16.1 Å². The average molecular weight is 359 g/mol. The van der Waals surface area contributed by atoms with Crippen molar-refractivity contribution in [2.24, 2.45) is 0 Å². The number of carbonyl (C=O) groups is 1. The summed E-state index contributed by atoms with van der Waals surface area (Å²) in [6.45, 7) is 0.601. The summed E-state index contributed by atoms with van der Waals surface area (Å²) in [6, 6.07) is 1.84. The molecule has 7 heteroatoms. The molecule has 124 valence electrons. The topological polar surface area (TPSA) is 68.0 Å². The smallest absolute Gasteiger partial charge is 0.263 e. The number of thiazole rings is 2. The normalized spacial score (nSPS) is 13.7. The first kappa shape index (κ1) is 15.5. The molecule has 0 saturated carbocycles. The Morgan fingerprint density at radius 3 is 3.04 bits per heavy atom. The molecule has 0 unspecified atom stereocenters. The fraction of sp³-hybridized carbons (Fsp3) is 0.353. The van der Waals surface area contributed by atoms with E-state index in [2.05, 4.69) is 10.3 Å². The number of aromatic nitrogens is 2. The number of nitrogens with one attached hydrogen (secondary N) is 1. The number of hydrogen-bond acceptors (Lipinski definition) is 6. The number of rotatable bonds is 5. The van der Waals surface area contributed by atoms with Crippen LogP contribution in [-0.4, -0.2) is 22.4 Å². The molecule has 0 spiro atoms. The van der Waals surface area contributed by atoms with Crippen molar-refractivity contribution in [3.63, 3.8) is 0 Å². The summed E-state index contributed by atoms with van der Waals surface area (Å²) in [5.74, 6) is -0.0800. The zero-order valence-corrected chi connectivity index (χ0v) is 14.7. The third-order valence-corrected chi connectivity index (χ3v) is 6.27. The minimum Gasteiger partial charge on any atom is -0.472 e. The highest BCUT2D eigenvalue weighted by Gasteiger charge is 2.16. The molecule has 0 radical (unpaired) electrons. The van der Waals surface area contributed by atoms with Crippen molar-refractivity contribution in [3.05, 3.63) is 45.2 Å². The van der Waals surface area contributed by atoms with Crippen LogP contribution in [0.25, 0.3) is 10.6 Å². The highest BCUT2D eigenvalue weighted by molar-refractivity contribution is 7.16. The van der Waals surface area contributed by atoms with Gasteiger partial charge in [-0.05, 0) is 31.7 Å². The Labute approximate surface area is 147 Å². The first-order chi connectivity index (χ1) is 11.8. The Bertz CT molecular complexity index is 813. The maximum Gasteiger partial charge on any atom is 0.263 e. The van der Waals surface area contributed by atoms with Gasteiger partial charge in [-0.3, -0.25) is 4.79 Å². The third-order valence-electron chi connectivity index (χ3n) is 4.01. The summed E-state index contributed by atoms with van der Waals surface area (Å²) in [4.78, 5) is 23.3. The lowest BCUT2D eigenvalue weighted by Gasteiger charge is -2.06. The maximum atomic E-state index is 12.2. The van der Waals surface area contributed by atoms with Gasteiger partial charge in [-0.15, -0.1) is 22.7 Å². The summed E-state index contributed by atoms with van der Waals surface area (Å²) in [6.07, 6.45) is 10.4. The van der Waals surface area contributed by atoms with E-state index in [1.165, 1.54) is 34.7 Å². The summed E-state index contributed by atoms with van der Waals surface area (Å²) < 4.78 is 5.05. The first-order valence-electron chi connectivity index (χ1n) is 8.03. The highest BCUT2D eigenvalue weighted by Crippen LogP contribution is 2.27. The summed E-state index contributed by atoms with van der Waals surface area (Å²) in [7, 11) is 0. The zero-order chi connectivity index (χ0) is 16.4. The summed E-state index contributed by atoms with van der Waals surface area (Å²) in [5, 5.41) is 4.88. The second-order valence-corrected chi connectivity index (χ2v) is 7.93. The van der Waals surface area contributed by atoms with Crippen LogP contribution in [-0.2, 0) is 19.3 Å². The molecule has 3 heterocycles. The molecule has 0 atom stereocenters. The van der Waals surface area contributed by atoms with Crippen molar-refractivity contribution in [2.75, 3.05) is 6.54 Å². The molecular formula is C17H17N3O2S2. The predicted octanol–water partition coefficient (Wildman–Crippen LogP) is 3.71. The Kier molecular flexibility index (Phi) is 4.44. The molecule has 3 aromatic heterocycles. The van der Waals surface area contributed by atoms with Gasteiger partial charge in [-0.25, -0.2) is 9.97 Å². The molecule has 1 aliphatic carbocycles. The predicted molar refractivity (Wildman–Crippen MR) is 94.6 cm³/mol. The number of nitrogens with zero attached hydrogens (tertiary/aromatic N) is 2. The molecule has 1 amide bonds. The van der Waals surface area contributed by atoms with Crippen molar-refractivity contribution < 1.29 is 9.21 Å². The van der Waals surface area contributed by atoms with E-state index in [4.69, 9.17) is 9.40 Å². The van der Waals surface area contributed by atoms with E-state index < -0.39 is 0 Å². The van der Waals surface area contributed by atoms with Crippen LogP contribution >= 0.6 is 22.7 Å². The number of hydrogen-bond donors (Lipinski definition) is 1. The van der Waals surface area contributed by atoms with Crippen LogP contribution in [0.15, 0.2) is 29.2 Å². The molecular weight excluding hydrogens is 342 g/mol. The Morgan fingerprint density at radius 1 is 1.29 bits per heavy atom. The molecule has 1 N–H and O–H groups in total. The Balaban J connectivity index is 1.33. The minimum atomic E-state index is -0.0800. The van der Waals surface area contributed by atoms with E-state index >= 15 is 0 Å². The van der Waals surface area contributed by atoms with Gasteiger partial charge in [0.05, 0.1) is 23.2 Å². The van der Waals surface area contributed by atoms with Crippen molar-refractivity contribution in [1.29, 1.82) is 0 Å². The first-order valence-corrected chi connectivity index (χ1v) is 9.67. The number of amides is 1. The zero-order valence-electron chi connectivity index (χ0n) is 13.1. The molecule has 0 fully saturated rings. The molecule has 0 saturated heterocycles. The molecule has 1 aliphatic rings. The highest BCUT2D eigenvalue weighted by atomic mass is 32.1. The molecule has 3 aromatic rings. The molecule has 4 rings (SSSR count). The van der Waals surface area contributed by atoms with Crippen LogP contribution in [0.5, 0.6) is 0 Å². The third kappa shape index (κ3) is 3.27. The van der Waals surface area contributed by atoms with Gasteiger partial charge in [-0.2, -0.15) is 0 Å². The van der Waals surface area contributed by atoms with Crippen LogP contribution in [0, 0.1) is 0 Å². The maximum absolute atomic E-state index is 12.2. The van der Waals surface area contributed by atoms with E-state index in [0.29, 0.717) is 11.4 Å². The quantitative estimate of drug-likeness (QED) is 0.754.